The van der Waals surface area contributed by atoms with Crippen LogP contribution >= 0.6 is 0 Å². The van der Waals surface area contributed by atoms with Crippen LogP contribution in [0.25, 0.3) is 10.9 Å². The fraction of sp³-hybridized carbons (Fsp3) is 0.333. The van der Waals surface area contributed by atoms with E-state index < -0.39 is 10.0 Å². The summed E-state index contributed by atoms with van der Waals surface area (Å²) in [5.41, 5.74) is 0.282. The van der Waals surface area contributed by atoms with Crippen LogP contribution in [-0.4, -0.2) is 37.9 Å². The summed E-state index contributed by atoms with van der Waals surface area (Å²) >= 11 is 0. The van der Waals surface area contributed by atoms with E-state index in [1.165, 1.54) is 18.0 Å². The molecule has 0 aliphatic heterocycles. The third-order valence-corrected chi connectivity index (χ3v) is 3.48. The Balaban J connectivity index is 2.36. The van der Waals surface area contributed by atoms with Gasteiger partial charge in [-0.05, 0) is 12.1 Å². The minimum atomic E-state index is -3.27. The summed E-state index contributed by atoms with van der Waals surface area (Å²) in [6.07, 6.45) is 2.46. The zero-order valence-electron chi connectivity index (χ0n) is 11.2. The summed E-state index contributed by atoms with van der Waals surface area (Å²) in [5.74, 6) is 0.449. The molecule has 0 unspecified atom stereocenters. The molecular weight excluding hydrogens is 282 g/mol. The van der Waals surface area contributed by atoms with E-state index in [-0.39, 0.29) is 18.6 Å². The Kier molecular flexibility index (Phi) is 4.05. The molecule has 1 aromatic carbocycles. The first-order valence-corrected chi connectivity index (χ1v) is 7.78. The molecule has 0 aliphatic carbocycles. The molecule has 108 valence electrons. The molecule has 0 fully saturated rings. The van der Waals surface area contributed by atoms with Gasteiger partial charge in [0.25, 0.3) is 5.56 Å². The van der Waals surface area contributed by atoms with E-state index >= 15 is 0 Å². The van der Waals surface area contributed by atoms with Gasteiger partial charge in [0.2, 0.25) is 10.0 Å². The van der Waals surface area contributed by atoms with Gasteiger partial charge < -0.3 is 4.74 Å². The largest absolute Gasteiger partial charge is 0.496 e. The molecule has 0 radical (unpaired) electrons. The molecule has 20 heavy (non-hydrogen) atoms. The van der Waals surface area contributed by atoms with Crippen LogP contribution in [0.5, 0.6) is 5.75 Å². The minimum absolute atomic E-state index is 0.126. The lowest BCUT2D eigenvalue weighted by Gasteiger charge is -2.09. The quantitative estimate of drug-likeness (QED) is 0.836. The molecule has 0 saturated carbocycles. The number of sulfonamides is 1. The molecule has 2 rings (SSSR count). The average molecular weight is 297 g/mol. The topological polar surface area (TPSA) is 90.3 Å². The second-order valence-corrected chi connectivity index (χ2v) is 6.10. The van der Waals surface area contributed by atoms with Crippen molar-refractivity contribution in [1.82, 2.24) is 14.3 Å². The van der Waals surface area contributed by atoms with E-state index in [9.17, 15) is 13.2 Å². The summed E-state index contributed by atoms with van der Waals surface area (Å²) in [6, 6.07) is 5.16. The van der Waals surface area contributed by atoms with Gasteiger partial charge in [-0.1, -0.05) is 6.07 Å². The Hall–Kier alpha value is -1.93. The van der Waals surface area contributed by atoms with Crippen molar-refractivity contribution < 1.29 is 13.2 Å². The molecule has 8 heteroatoms. The highest BCUT2D eigenvalue weighted by Crippen LogP contribution is 2.19. The number of methoxy groups -OCH3 is 1. The van der Waals surface area contributed by atoms with Crippen molar-refractivity contribution in [3.63, 3.8) is 0 Å². The zero-order chi connectivity index (χ0) is 14.8. The highest BCUT2D eigenvalue weighted by Gasteiger charge is 2.09. The van der Waals surface area contributed by atoms with Crippen LogP contribution in [0.2, 0.25) is 0 Å². The van der Waals surface area contributed by atoms with Gasteiger partial charge in [0.1, 0.15) is 11.1 Å². The molecule has 0 atom stereocenters. The molecule has 0 bridgehead atoms. The number of rotatable bonds is 5. The number of nitrogens with zero attached hydrogens (tertiary/aromatic N) is 2. The number of hydrogen-bond donors (Lipinski definition) is 1. The molecule has 0 aliphatic rings. The first-order valence-electron chi connectivity index (χ1n) is 5.89. The summed E-state index contributed by atoms with van der Waals surface area (Å²) in [7, 11) is -1.79. The van der Waals surface area contributed by atoms with Gasteiger partial charge in [0, 0.05) is 13.1 Å². The highest BCUT2D eigenvalue weighted by atomic mass is 32.2. The van der Waals surface area contributed by atoms with E-state index in [1.54, 1.807) is 18.2 Å². The standard InChI is InChI=1S/C12H15N3O4S/c1-19-10-5-3-4-9-11(10)12(16)15(8-13-9)7-6-14-20(2,17)18/h3-5,8,14H,6-7H2,1-2H3. The monoisotopic (exact) mass is 297 g/mol. The van der Waals surface area contributed by atoms with Crippen molar-refractivity contribution in [2.24, 2.45) is 0 Å². The molecule has 0 amide bonds. The van der Waals surface area contributed by atoms with Crippen molar-refractivity contribution in [2.45, 2.75) is 6.54 Å². The van der Waals surface area contributed by atoms with E-state index in [1.807, 2.05) is 0 Å². The molecule has 1 aromatic heterocycles. The Morgan fingerprint density at radius 2 is 2.15 bits per heavy atom. The number of ether oxygens (including phenoxy) is 1. The molecule has 1 heterocycles. The fourth-order valence-corrected chi connectivity index (χ4v) is 2.31. The van der Waals surface area contributed by atoms with E-state index in [2.05, 4.69) is 9.71 Å². The van der Waals surface area contributed by atoms with Crippen LogP contribution < -0.4 is 15.0 Å². The first kappa shape index (κ1) is 14.5. The van der Waals surface area contributed by atoms with Crippen molar-refractivity contribution in [2.75, 3.05) is 19.9 Å². The van der Waals surface area contributed by atoms with E-state index in [0.29, 0.717) is 16.7 Å². The second kappa shape index (κ2) is 5.59. The third kappa shape index (κ3) is 3.14. The normalized spacial score (nSPS) is 11.7. The van der Waals surface area contributed by atoms with Gasteiger partial charge in [0.05, 0.1) is 25.2 Å². The number of benzene rings is 1. The predicted octanol–water partition coefficient (Wildman–Crippen LogP) is -0.0457. The summed E-state index contributed by atoms with van der Waals surface area (Å²) < 4.78 is 30.8. The Morgan fingerprint density at radius 1 is 1.40 bits per heavy atom. The van der Waals surface area contributed by atoms with Crippen LogP contribution in [0.15, 0.2) is 29.3 Å². The van der Waals surface area contributed by atoms with Crippen molar-refractivity contribution in [3.8, 4) is 5.75 Å². The Bertz CT molecular complexity index is 783. The number of fused-ring (bicyclic) bond motifs is 1. The van der Waals surface area contributed by atoms with Crippen molar-refractivity contribution >= 4 is 20.9 Å². The Morgan fingerprint density at radius 3 is 2.80 bits per heavy atom. The minimum Gasteiger partial charge on any atom is -0.496 e. The fourth-order valence-electron chi connectivity index (χ4n) is 1.85. The van der Waals surface area contributed by atoms with Gasteiger partial charge in [-0.25, -0.2) is 18.1 Å². The van der Waals surface area contributed by atoms with E-state index in [4.69, 9.17) is 4.74 Å². The molecule has 7 nitrogen and oxygen atoms in total. The van der Waals surface area contributed by atoms with E-state index in [0.717, 1.165) is 6.26 Å². The van der Waals surface area contributed by atoms with Crippen LogP contribution in [0.3, 0.4) is 0 Å². The van der Waals surface area contributed by atoms with Gasteiger partial charge in [0.15, 0.2) is 0 Å². The third-order valence-electron chi connectivity index (χ3n) is 2.75. The summed E-state index contributed by atoms with van der Waals surface area (Å²) in [4.78, 5) is 16.5. The lowest BCUT2D eigenvalue weighted by Crippen LogP contribution is -2.30. The predicted molar refractivity (Wildman–Crippen MR) is 75.4 cm³/mol. The molecular formula is C12H15N3O4S. The molecule has 0 saturated heterocycles. The number of aromatic nitrogens is 2. The smallest absolute Gasteiger partial charge is 0.265 e. The van der Waals surface area contributed by atoms with Crippen LogP contribution in [-0.2, 0) is 16.6 Å². The molecule has 1 N–H and O–H groups in total. The SMILES string of the molecule is COc1cccc2ncn(CCNS(C)(=O)=O)c(=O)c12. The van der Waals surface area contributed by atoms with Gasteiger partial charge in [-0.3, -0.25) is 9.36 Å². The maximum atomic E-state index is 12.3. The molecule has 0 spiro atoms. The zero-order valence-corrected chi connectivity index (χ0v) is 12.0. The average Bonchev–Trinajstić information content (AvgIpc) is 2.39. The second-order valence-electron chi connectivity index (χ2n) is 4.26. The summed E-state index contributed by atoms with van der Waals surface area (Å²) in [5, 5.41) is 0.386. The van der Waals surface area contributed by atoms with Crippen LogP contribution in [0.4, 0.5) is 0 Å². The maximum Gasteiger partial charge on any atom is 0.265 e. The summed E-state index contributed by atoms with van der Waals surface area (Å²) in [6.45, 7) is 0.327. The Labute approximate surface area is 116 Å². The van der Waals surface area contributed by atoms with Gasteiger partial charge in [-0.15, -0.1) is 0 Å². The van der Waals surface area contributed by atoms with Gasteiger partial charge >= 0.3 is 0 Å². The molecule has 2 aromatic rings. The first-order chi connectivity index (χ1) is 9.42. The maximum absolute atomic E-state index is 12.3. The lowest BCUT2D eigenvalue weighted by molar-refractivity contribution is 0.419. The van der Waals surface area contributed by atoms with Crippen molar-refractivity contribution in [3.05, 3.63) is 34.9 Å². The number of hydrogen-bond acceptors (Lipinski definition) is 5. The highest BCUT2D eigenvalue weighted by molar-refractivity contribution is 7.88. The van der Waals surface area contributed by atoms with Crippen molar-refractivity contribution in [1.29, 1.82) is 0 Å². The van der Waals surface area contributed by atoms with Gasteiger partial charge in [-0.2, -0.15) is 0 Å². The number of nitrogens with one attached hydrogen (secondary N) is 1. The van der Waals surface area contributed by atoms with Crippen LogP contribution in [0, 0.1) is 0 Å². The van der Waals surface area contributed by atoms with Crippen LogP contribution in [0.1, 0.15) is 0 Å². The lowest BCUT2D eigenvalue weighted by atomic mass is 10.2.